The molecule has 1 aliphatic heterocycles. The molecule has 266 valence electrons. The lowest BCUT2D eigenvalue weighted by Gasteiger charge is -2.14. The fourth-order valence-electron chi connectivity index (χ4n) is 4.10. The second-order valence-electron chi connectivity index (χ2n) is 10.3. The number of hydrogen-bond acceptors (Lipinski definition) is 12. The Morgan fingerprint density at radius 1 is 0.660 bits per heavy atom. The molecule has 0 spiro atoms. The third kappa shape index (κ3) is 22.2. The fourth-order valence-corrected chi connectivity index (χ4v) is 4.10. The third-order valence-electron chi connectivity index (χ3n) is 6.56. The molecule has 1 atom stereocenters. The van der Waals surface area contributed by atoms with Gasteiger partial charge in [0, 0.05) is 44.6 Å². The average Bonchev–Trinajstić information content (AvgIpc) is 3.37. The van der Waals surface area contributed by atoms with Gasteiger partial charge in [-0.2, -0.15) is 0 Å². The summed E-state index contributed by atoms with van der Waals surface area (Å²) in [7, 11) is 0. The number of carbonyl (C=O) groups excluding carboxylic acids is 4. The highest BCUT2D eigenvalue weighted by Gasteiger charge is 2.23. The second-order valence-corrected chi connectivity index (χ2v) is 10.3. The van der Waals surface area contributed by atoms with Crippen molar-refractivity contribution in [3.63, 3.8) is 0 Å². The molecule has 4 amide bonds. The van der Waals surface area contributed by atoms with Crippen molar-refractivity contribution in [2.24, 2.45) is 0 Å². The quantitative estimate of drug-likeness (QED) is 0.0677. The number of carbonyl (C=O) groups is 4. The van der Waals surface area contributed by atoms with E-state index in [9.17, 15) is 19.2 Å². The molecule has 2 rings (SSSR count). The predicted molar refractivity (Wildman–Crippen MR) is 168 cm³/mol. The van der Waals surface area contributed by atoms with Crippen molar-refractivity contribution in [3.8, 4) is 11.8 Å². The van der Waals surface area contributed by atoms with Gasteiger partial charge in [-0.05, 0) is 19.3 Å². The van der Waals surface area contributed by atoms with Gasteiger partial charge in [0.05, 0.1) is 92.5 Å². The minimum Gasteiger partial charge on any atom is -0.433 e. The van der Waals surface area contributed by atoms with Gasteiger partial charge in [0.25, 0.3) is 11.8 Å². The normalized spacial score (nSPS) is 16.0. The van der Waals surface area contributed by atoms with Crippen molar-refractivity contribution in [3.05, 3.63) is 12.2 Å². The van der Waals surface area contributed by atoms with E-state index in [2.05, 4.69) is 22.5 Å². The summed E-state index contributed by atoms with van der Waals surface area (Å²) in [5.74, 6) is 5.00. The number of hydrogen-bond donors (Lipinski definition) is 2. The monoisotopic (exact) mass is 669 g/mol. The van der Waals surface area contributed by atoms with Gasteiger partial charge in [-0.3, -0.25) is 19.3 Å². The first kappa shape index (κ1) is 40.1. The van der Waals surface area contributed by atoms with Gasteiger partial charge in [-0.25, -0.2) is 4.79 Å². The van der Waals surface area contributed by atoms with E-state index in [1.54, 1.807) is 0 Å². The largest absolute Gasteiger partial charge is 0.433 e. The summed E-state index contributed by atoms with van der Waals surface area (Å²) in [5, 5.41) is 5.35. The van der Waals surface area contributed by atoms with E-state index in [-0.39, 0.29) is 25.0 Å². The van der Waals surface area contributed by atoms with Crippen LogP contribution in [-0.4, -0.2) is 147 Å². The molecule has 2 aliphatic rings. The van der Waals surface area contributed by atoms with Crippen molar-refractivity contribution in [1.82, 2.24) is 15.5 Å². The summed E-state index contributed by atoms with van der Waals surface area (Å²) >= 11 is 0. The van der Waals surface area contributed by atoms with E-state index >= 15 is 0 Å². The van der Waals surface area contributed by atoms with Crippen LogP contribution in [0.5, 0.6) is 0 Å². The lowest BCUT2D eigenvalue weighted by atomic mass is 10.1. The molecule has 15 heteroatoms. The first-order valence-electron chi connectivity index (χ1n) is 16.3. The van der Waals surface area contributed by atoms with E-state index in [1.165, 1.54) is 12.2 Å². The number of nitrogens with one attached hydrogen (secondary N) is 2. The van der Waals surface area contributed by atoms with Crippen LogP contribution >= 0.6 is 0 Å². The molecule has 0 fully saturated rings. The number of amides is 4. The van der Waals surface area contributed by atoms with Gasteiger partial charge >= 0.3 is 6.09 Å². The summed E-state index contributed by atoms with van der Waals surface area (Å²) in [6, 6.07) is 0. The highest BCUT2D eigenvalue weighted by Crippen LogP contribution is 2.10. The van der Waals surface area contributed by atoms with Crippen LogP contribution in [-0.2, 0) is 52.3 Å². The summed E-state index contributed by atoms with van der Waals surface area (Å²) < 4.78 is 43.4. The van der Waals surface area contributed by atoms with Crippen molar-refractivity contribution in [2.45, 2.75) is 44.6 Å². The molecule has 0 aromatic carbocycles. The molecule has 0 aromatic rings. The van der Waals surface area contributed by atoms with Crippen molar-refractivity contribution in [2.75, 3.05) is 112 Å². The van der Waals surface area contributed by atoms with Crippen molar-refractivity contribution < 1.29 is 57.1 Å². The number of ether oxygens (including phenoxy) is 8. The minimum atomic E-state index is -0.465. The van der Waals surface area contributed by atoms with Crippen LogP contribution in [0.1, 0.15) is 38.5 Å². The molecule has 0 radical (unpaired) electrons. The molecule has 0 saturated carbocycles. The van der Waals surface area contributed by atoms with E-state index < -0.39 is 17.9 Å². The van der Waals surface area contributed by atoms with Crippen LogP contribution in [0.2, 0.25) is 0 Å². The molecular formula is C32H51N3O12. The molecule has 1 unspecified atom stereocenters. The summed E-state index contributed by atoms with van der Waals surface area (Å²) in [5.41, 5.74) is 0. The van der Waals surface area contributed by atoms with Crippen molar-refractivity contribution >= 4 is 23.8 Å². The number of alkyl carbamates (subject to hydrolysis) is 1. The third-order valence-corrected chi connectivity index (χ3v) is 6.56. The second kappa shape index (κ2) is 28.0. The van der Waals surface area contributed by atoms with Gasteiger partial charge in [0.1, 0.15) is 0 Å². The summed E-state index contributed by atoms with van der Waals surface area (Å²) in [6.45, 7) is 6.68. The minimum absolute atomic E-state index is 0.0502. The predicted octanol–water partition coefficient (Wildman–Crippen LogP) is 0.596. The zero-order chi connectivity index (χ0) is 33.6. The molecule has 1 heterocycles. The SMILES string of the molecule is O=C(CCN1C(=O)C=CC1=O)NCCOCCOCCOCCOCCOCCOCCOCCNC(=O)OC1C#CCCCCC1. The average molecular weight is 670 g/mol. The zero-order valence-electron chi connectivity index (χ0n) is 27.3. The Labute approximate surface area is 277 Å². The smallest absolute Gasteiger partial charge is 0.408 e. The maximum atomic E-state index is 11.9. The zero-order valence-corrected chi connectivity index (χ0v) is 27.3. The van der Waals surface area contributed by atoms with Gasteiger partial charge < -0.3 is 48.5 Å². The van der Waals surface area contributed by atoms with E-state index in [1.807, 2.05) is 0 Å². The number of nitrogens with zero attached hydrogens (tertiary/aromatic N) is 1. The molecule has 1 aliphatic carbocycles. The molecule has 0 saturated heterocycles. The number of imide groups is 1. The molecular weight excluding hydrogens is 618 g/mol. The van der Waals surface area contributed by atoms with Gasteiger partial charge in [-0.1, -0.05) is 18.3 Å². The van der Waals surface area contributed by atoms with Crippen molar-refractivity contribution in [1.29, 1.82) is 0 Å². The Bertz CT molecular complexity index is 966. The standard InChI is InChI=1S/C32H51N3O12/c36-29(10-13-35-30(37)8-9-31(35)38)33-11-14-40-16-18-42-20-22-44-24-26-46-27-25-45-23-21-43-19-17-41-15-12-34-32(39)47-28-6-4-2-1-3-5-7-28/h8-9,28H,1-4,6,10-27H2,(H,33,36)(H,34,39). The summed E-state index contributed by atoms with van der Waals surface area (Å²) in [6.07, 6.45) is 6.54. The Morgan fingerprint density at radius 2 is 1.13 bits per heavy atom. The van der Waals surface area contributed by atoms with Crippen LogP contribution in [0.3, 0.4) is 0 Å². The van der Waals surface area contributed by atoms with Crippen LogP contribution in [0.25, 0.3) is 0 Å². The lowest BCUT2D eigenvalue weighted by molar-refractivity contribution is -0.137. The number of rotatable bonds is 28. The maximum absolute atomic E-state index is 11.9. The van der Waals surface area contributed by atoms with E-state index in [4.69, 9.17) is 37.9 Å². The van der Waals surface area contributed by atoms with Gasteiger partial charge in [0.15, 0.2) is 6.10 Å². The topological polar surface area (TPSA) is 169 Å². The van der Waals surface area contributed by atoms with Crippen LogP contribution < -0.4 is 10.6 Å². The molecule has 47 heavy (non-hydrogen) atoms. The Balaban J connectivity index is 1.20. The van der Waals surface area contributed by atoms with Gasteiger partial charge in [0.2, 0.25) is 5.91 Å². The Kier molecular flexibility index (Phi) is 23.8. The molecule has 15 nitrogen and oxygen atoms in total. The first-order chi connectivity index (χ1) is 23.1. The Morgan fingerprint density at radius 3 is 1.64 bits per heavy atom. The van der Waals surface area contributed by atoms with E-state index in [0.29, 0.717) is 106 Å². The molecule has 0 bridgehead atoms. The van der Waals surface area contributed by atoms with Crippen LogP contribution in [0.4, 0.5) is 4.79 Å². The molecule has 2 N–H and O–H groups in total. The van der Waals surface area contributed by atoms with E-state index in [0.717, 1.165) is 37.0 Å². The molecule has 0 aromatic heterocycles. The first-order valence-corrected chi connectivity index (χ1v) is 16.3. The fraction of sp³-hybridized carbons (Fsp3) is 0.750. The summed E-state index contributed by atoms with van der Waals surface area (Å²) in [4.78, 5) is 47.5. The van der Waals surface area contributed by atoms with Crippen LogP contribution in [0, 0.1) is 11.8 Å². The highest BCUT2D eigenvalue weighted by atomic mass is 16.6. The maximum Gasteiger partial charge on any atom is 0.408 e. The Hall–Kier alpha value is -3.10. The van der Waals surface area contributed by atoms with Gasteiger partial charge in [-0.15, -0.1) is 0 Å². The lowest BCUT2D eigenvalue weighted by Crippen LogP contribution is -2.35. The highest BCUT2D eigenvalue weighted by molar-refractivity contribution is 6.13. The van der Waals surface area contributed by atoms with Crippen LogP contribution in [0.15, 0.2) is 12.2 Å².